The third kappa shape index (κ3) is 2.98. The Morgan fingerprint density at radius 2 is 2.00 bits per heavy atom. The largest absolute Gasteiger partial charge is 0.379 e. The summed E-state index contributed by atoms with van der Waals surface area (Å²) in [5.74, 6) is -0.0610. The molecule has 0 spiro atoms. The van der Waals surface area contributed by atoms with Crippen LogP contribution in [0.3, 0.4) is 0 Å². The average Bonchev–Trinajstić information content (AvgIpc) is 2.86. The molecule has 0 saturated carbocycles. The Balaban J connectivity index is 1.71. The van der Waals surface area contributed by atoms with Crippen molar-refractivity contribution < 1.29 is 9.53 Å². The van der Waals surface area contributed by atoms with Gasteiger partial charge in [0.05, 0.1) is 30.3 Å². The number of aromatic nitrogens is 2. The van der Waals surface area contributed by atoms with E-state index in [2.05, 4.69) is 20.2 Å². The molecule has 0 bridgehead atoms. The van der Waals surface area contributed by atoms with Crippen molar-refractivity contribution in [2.75, 3.05) is 31.6 Å². The van der Waals surface area contributed by atoms with Crippen molar-refractivity contribution in [3.05, 3.63) is 28.7 Å². The number of nitrogens with one attached hydrogen (secondary N) is 3. The van der Waals surface area contributed by atoms with E-state index in [0.29, 0.717) is 24.4 Å². The van der Waals surface area contributed by atoms with E-state index >= 15 is 0 Å². The highest BCUT2D eigenvalue weighted by molar-refractivity contribution is 5.96. The molecule has 112 valence electrons. The Morgan fingerprint density at radius 3 is 2.76 bits per heavy atom. The van der Waals surface area contributed by atoms with E-state index in [1.165, 1.54) is 0 Å². The highest BCUT2D eigenvalue weighted by atomic mass is 16.5. The van der Waals surface area contributed by atoms with Gasteiger partial charge in [-0.25, -0.2) is 4.79 Å². The van der Waals surface area contributed by atoms with Crippen molar-refractivity contribution >= 4 is 22.6 Å². The molecule has 1 aliphatic rings. The first kappa shape index (κ1) is 13.8. The van der Waals surface area contributed by atoms with Gasteiger partial charge in [-0.05, 0) is 25.1 Å². The highest BCUT2D eigenvalue weighted by Crippen LogP contribution is 2.15. The van der Waals surface area contributed by atoms with Crippen molar-refractivity contribution in [2.45, 2.75) is 13.0 Å². The number of morpholine rings is 1. The summed E-state index contributed by atoms with van der Waals surface area (Å²) in [6.45, 7) is 4.73. The molecule has 1 aromatic carbocycles. The zero-order valence-corrected chi connectivity index (χ0v) is 11.8. The van der Waals surface area contributed by atoms with Crippen LogP contribution in [0.15, 0.2) is 23.0 Å². The van der Waals surface area contributed by atoms with Crippen LogP contribution in [-0.4, -0.2) is 53.1 Å². The molecule has 0 aliphatic carbocycles. The van der Waals surface area contributed by atoms with Crippen LogP contribution in [0.2, 0.25) is 0 Å². The number of anilines is 1. The third-order valence-corrected chi connectivity index (χ3v) is 3.76. The topological polar surface area (TPSA) is 90.2 Å². The Hall–Kier alpha value is -2.12. The van der Waals surface area contributed by atoms with Gasteiger partial charge >= 0.3 is 5.69 Å². The number of benzene rings is 1. The minimum atomic E-state index is -0.254. The smallest absolute Gasteiger partial charge is 0.323 e. The van der Waals surface area contributed by atoms with Gasteiger partial charge < -0.3 is 20.0 Å². The fourth-order valence-corrected chi connectivity index (χ4v) is 2.49. The molecule has 3 rings (SSSR count). The first-order valence-electron chi connectivity index (χ1n) is 6.98. The molecule has 7 nitrogen and oxygen atoms in total. The van der Waals surface area contributed by atoms with Crippen LogP contribution in [0, 0.1) is 0 Å². The summed E-state index contributed by atoms with van der Waals surface area (Å²) in [7, 11) is 0. The number of rotatable bonds is 3. The van der Waals surface area contributed by atoms with Crippen molar-refractivity contribution in [2.24, 2.45) is 0 Å². The number of fused-ring (bicyclic) bond motifs is 1. The predicted octanol–water partition coefficient (Wildman–Crippen LogP) is 0.515. The van der Waals surface area contributed by atoms with Crippen molar-refractivity contribution in [1.29, 1.82) is 0 Å². The van der Waals surface area contributed by atoms with Crippen molar-refractivity contribution in [3.8, 4) is 0 Å². The van der Waals surface area contributed by atoms with Crippen LogP contribution in [0.25, 0.3) is 11.0 Å². The van der Waals surface area contributed by atoms with Gasteiger partial charge in [-0.15, -0.1) is 0 Å². The second kappa shape index (κ2) is 5.71. The van der Waals surface area contributed by atoms with E-state index in [1.807, 2.05) is 6.92 Å². The lowest BCUT2D eigenvalue weighted by molar-refractivity contribution is -0.122. The summed E-state index contributed by atoms with van der Waals surface area (Å²) in [5.41, 5.74) is 1.81. The summed E-state index contributed by atoms with van der Waals surface area (Å²) in [6.07, 6.45) is 0. The molecule has 1 amide bonds. The molecule has 1 aromatic heterocycles. The maximum Gasteiger partial charge on any atom is 0.323 e. The molecule has 21 heavy (non-hydrogen) atoms. The summed E-state index contributed by atoms with van der Waals surface area (Å²) >= 11 is 0. The number of hydrogen-bond acceptors (Lipinski definition) is 4. The fraction of sp³-hybridized carbons (Fsp3) is 0.429. The zero-order valence-electron chi connectivity index (χ0n) is 11.8. The molecular weight excluding hydrogens is 272 g/mol. The van der Waals surface area contributed by atoms with Gasteiger partial charge in [0.25, 0.3) is 0 Å². The monoisotopic (exact) mass is 290 g/mol. The lowest BCUT2D eigenvalue weighted by Gasteiger charge is -2.31. The molecule has 1 aliphatic heterocycles. The van der Waals surface area contributed by atoms with Gasteiger partial charge in [-0.1, -0.05) is 0 Å². The molecule has 1 atom stereocenters. The maximum atomic E-state index is 12.3. The number of imidazole rings is 1. The maximum absolute atomic E-state index is 12.3. The first-order valence-corrected chi connectivity index (χ1v) is 6.98. The lowest BCUT2D eigenvalue weighted by atomic mass is 10.2. The normalized spacial score (nSPS) is 17.8. The molecule has 1 saturated heterocycles. The minimum Gasteiger partial charge on any atom is -0.379 e. The molecule has 3 N–H and O–H groups in total. The molecule has 0 radical (unpaired) electrons. The summed E-state index contributed by atoms with van der Waals surface area (Å²) in [4.78, 5) is 30.9. The number of ether oxygens (including phenoxy) is 1. The van der Waals surface area contributed by atoms with E-state index in [-0.39, 0.29) is 17.6 Å². The molecule has 0 unspecified atom stereocenters. The van der Waals surface area contributed by atoms with Gasteiger partial charge in [0.15, 0.2) is 0 Å². The number of H-pyrrole nitrogens is 2. The molecule has 7 heteroatoms. The average molecular weight is 290 g/mol. The van der Waals surface area contributed by atoms with Crippen LogP contribution >= 0.6 is 0 Å². The summed E-state index contributed by atoms with van der Waals surface area (Å²) in [5, 5.41) is 2.88. The molecule has 2 heterocycles. The van der Waals surface area contributed by atoms with E-state index in [9.17, 15) is 9.59 Å². The van der Waals surface area contributed by atoms with E-state index in [1.54, 1.807) is 18.2 Å². The minimum absolute atomic E-state index is 0.0610. The summed E-state index contributed by atoms with van der Waals surface area (Å²) < 4.78 is 5.29. The Morgan fingerprint density at radius 1 is 1.29 bits per heavy atom. The SMILES string of the molecule is C[C@H](C(=O)Nc1ccc2[nH]c(=O)[nH]c2c1)N1CCOCC1. The quantitative estimate of drug-likeness (QED) is 0.768. The standard InChI is InChI=1S/C14H18N4O3/c1-9(18-4-6-21-7-5-18)13(19)15-10-2-3-11-12(8-10)17-14(20)16-11/h2-3,8-9H,4-7H2,1H3,(H,15,19)(H2,16,17,20)/t9-/m1/s1. The first-order chi connectivity index (χ1) is 10.1. The molecular formula is C14H18N4O3. The van der Waals surface area contributed by atoms with Crippen LogP contribution < -0.4 is 11.0 Å². The van der Waals surface area contributed by atoms with Gasteiger partial charge in [-0.2, -0.15) is 0 Å². The number of amides is 1. The van der Waals surface area contributed by atoms with Gasteiger partial charge in [0.1, 0.15) is 0 Å². The van der Waals surface area contributed by atoms with E-state index < -0.39 is 0 Å². The lowest BCUT2D eigenvalue weighted by Crippen LogP contribution is -2.47. The second-order valence-corrected chi connectivity index (χ2v) is 5.15. The highest BCUT2D eigenvalue weighted by Gasteiger charge is 2.23. The number of hydrogen-bond donors (Lipinski definition) is 3. The Labute approximate surface area is 121 Å². The van der Waals surface area contributed by atoms with Gasteiger partial charge in [0, 0.05) is 18.8 Å². The molecule has 2 aromatic rings. The Kier molecular flexibility index (Phi) is 3.76. The van der Waals surface area contributed by atoms with Crippen molar-refractivity contribution in [3.63, 3.8) is 0 Å². The van der Waals surface area contributed by atoms with Crippen molar-refractivity contribution in [1.82, 2.24) is 14.9 Å². The van der Waals surface area contributed by atoms with E-state index in [4.69, 9.17) is 4.74 Å². The fourth-order valence-electron chi connectivity index (χ4n) is 2.49. The summed E-state index contributed by atoms with van der Waals surface area (Å²) in [6, 6.07) is 5.07. The number of nitrogens with zero attached hydrogens (tertiary/aromatic N) is 1. The van der Waals surface area contributed by atoms with Gasteiger partial charge in [0.2, 0.25) is 5.91 Å². The number of carbonyl (C=O) groups excluding carboxylic acids is 1. The van der Waals surface area contributed by atoms with Crippen LogP contribution in [-0.2, 0) is 9.53 Å². The predicted molar refractivity (Wildman–Crippen MR) is 79.4 cm³/mol. The van der Waals surface area contributed by atoms with Crippen LogP contribution in [0.4, 0.5) is 5.69 Å². The van der Waals surface area contributed by atoms with Crippen LogP contribution in [0.1, 0.15) is 6.92 Å². The molecule has 1 fully saturated rings. The Bertz CT molecular complexity index is 700. The zero-order chi connectivity index (χ0) is 14.8. The number of aromatic amines is 2. The van der Waals surface area contributed by atoms with Gasteiger partial charge in [-0.3, -0.25) is 9.69 Å². The van der Waals surface area contributed by atoms with E-state index in [0.717, 1.165) is 18.6 Å². The number of carbonyl (C=O) groups is 1. The third-order valence-electron chi connectivity index (χ3n) is 3.76. The van der Waals surface area contributed by atoms with Crippen LogP contribution in [0.5, 0.6) is 0 Å². The second-order valence-electron chi connectivity index (χ2n) is 5.15.